The van der Waals surface area contributed by atoms with E-state index in [0.29, 0.717) is 38.5 Å². The van der Waals surface area contributed by atoms with Gasteiger partial charge in [-0.2, -0.15) is 0 Å². The number of aldehydes is 1. The second-order valence-electron chi connectivity index (χ2n) is 35.9. The number of carboxylic acid groups (broad SMARTS) is 1. The Balaban J connectivity index is 0.765. The molecule has 115 heavy (non-hydrogen) atoms. The van der Waals surface area contributed by atoms with Gasteiger partial charge in [-0.05, 0) is 118 Å². The van der Waals surface area contributed by atoms with Crippen molar-refractivity contribution in [1.29, 1.82) is 0 Å². The smallest absolute Gasteiger partial charge is 0.317 e. The van der Waals surface area contributed by atoms with Crippen LogP contribution in [0.15, 0.2) is 11.6 Å². The maximum atomic E-state index is 16.1. The number of hydrogen-bond acceptors (Lipinski definition) is 40. The highest BCUT2D eigenvalue weighted by atomic mass is 16.8. The number of aliphatic carboxylic acids is 1. The second-order valence-corrected chi connectivity index (χ2v) is 35.9. The summed E-state index contributed by atoms with van der Waals surface area (Å²) in [5, 5.41) is 235. The van der Waals surface area contributed by atoms with Crippen LogP contribution in [-0.4, -0.2) is 386 Å². The second kappa shape index (κ2) is 33.9. The Labute approximate surface area is 661 Å². The number of hydrogen-bond donors (Lipinski definition) is 20. The van der Waals surface area contributed by atoms with E-state index in [-0.39, 0.29) is 25.2 Å². The Morgan fingerprint density at radius 2 is 0.965 bits per heavy atom. The topological polar surface area (TPSA) is 627 Å². The highest BCUT2D eigenvalue weighted by molar-refractivity contribution is 5.80. The first-order chi connectivity index (χ1) is 53.9. The molecular formula is C75H117O40-. The van der Waals surface area contributed by atoms with Crippen molar-refractivity contribution in [3.8, 4) is 0 Å². The number of aliphatic hydroxyl groups excluding tert-OH is 20. The molecule has 8 saturated heterocycles. The van der Waals surface area contributed by atoms with Gasteiger partial charge in [-0.15, -0.1) is 0 Å². The average Bonchev–Trinajstić information content (AvgIpc) is 0.669. The third-order valence-electron chi connectivity index (χ3n) is 28.5. The van der Waals surface area contributed by atoms with Gasteiger partial charge in [-0.3, -0.25) is 4.79 Å². The molecule has 47 atom stereocenters. The number of fused-ring (bicyclic) bond motifs is 7. The van der Waals surface area contributed by atoms with Crippen molar-refractivity contribution < 1.29 is 197 Å². The van der Waals surface area contributed by atoms with Crippen molar-refractivity contribution >= 4 is 18.2 Å². The van der Waals surface area contributed by atoms with E-state index < -0.39 is 322 Å². The van der Waals surface area contributed by atoms with Crippen LogP contribution in [0, 0.1) is 50.2 Å². The summed E-state index contributed by atoms with van der Waals surface area (Å²) in [5.41, 5.74) is -5.24. The molecule has 0 unspecified atom stereocenters. The van der Waals surface area contributed by atoms with E-state index in [2.05, 4.69) is 26.8 Å². The molecule has 4 saturated carbocycles. The molecule has 20 N–H and O–H groups in total. The van der Waals surface area contributed by atoms with Gasteiger partial charge in [0.25, 0.3) is 0 Å². The van der Waals surface area contributed by atoms with Gasteiger partial charge in [0, 0.05) is 0 Å². The van der Waals surface area contributed by atoms with Crippen LogP contribution in [0.25, 0.3) is 0 Å². The summed E-state index contributed by atoms with van der Waals surface area (Å²) >= 11 is 0. The molecule has 0 amide bonds. The van der Waals surface area contributed by atoms with Crippen molar-refractivity contribution in [3.63, 3.8) is 0 Å². The molecule has 40 heteroatoms. The summed E-state index contributed by atoms with van der Waals surface area (Å²) in [6.07, 6.45) is -64.9. The van der Waals surface area contributed by atoms with Gasteiger partial charge in [0.05, 0.1) is 68.3 Å². The Bertz CT molecular complexity index is 3400. The van der Waals surface area contributed by atoms with Crippen molar-refractivity contribution in [2.75, 3.05) is 26.4 Å². The first kappa shape index (κ1) is 89.7. The lowest BCUT2D eigenvalue weighted by molar-refractivity contribution is -0.401. The normalized spacial score (nSPS) is 55.4. The molecule has 40 nitrogen and oxygen atoms in total. The lowest BCUT2D eigenvalue weighted by atomic mass is 9.33. The van der Waals surface area contributed by atoms with E-state index in [1.807, 2.05) is 13.8 Å². The first-order valence-electron chi connectivity index (χ1n) is 39.8. The number of ether oxygens (including phenoxy) is 16. The third-order valence-corrected chi connectivity index (χ3v) is 28.5. The van der Waals surface area contributed by atoms with Gasteiger partial charge in [-0.1, -0.05) is 53.2 Å². The van der Waals surface area contributed by atoms with Crippen LogP contribution < -0.4 is 5.11 Å². The van der Waals surface area contributed by atoms with Gasteiger partial charge in [0.2, 0.25) is 6.29 Å². The summed E-state index contributed by atoms with van der Waals surface area (Å²) in [4.78, 5) is 43.4. The quantitative estimate of drug-likeness (QED) is 0.0247. The standard InChI is InChI=1S/C75H118O40/c1-25-38(82)42(86)47(91)64(103-25)109-54-27(3)105-67(58(50(54)94)113-65-49(93)44(88)53(26(2)104-65)108-63-52(96)55(32(80)23-102-63)110-61-45(89)39(83)30(78)21-100-61)115-69(99)75-17-16-70(4,5)18-29(75)28-10-11-35-71(6)14-13-37(72(7,24-77)34(71)12-15-73(35,8)74(28,9)19-36(75)81)107-68-59(114-66-48(92)43(87)41(85)33(20-76)106-66)56(51(95)57(112-68)60(97)98)111-62-46(90)40(84)31(79)22-101-62/h10,24-27,29-59,61-68,76,78-96H,11-23H2,1-9H3,(H,97,98)/p-1/t25-,26+,27-,29+,30-,31-,32-,33-,34-,35-,36-,37+,38-,39+,40+,41+,42+,43+,44+,45-,46-,47-,48-,49-,50+,51+,52-,53+,54+,55+,56+,57+,58-,59-,61+,62+,63+,64+,65+,66+,67+,68-,71+,72+,73-,74-,75-/m1/s1. The minimum absolute atomic E-state index is 0.0180. The Kier molecular flexibility index (Phi) is 26.4. The van der Waals surface area contributed by atoms with Gasteiger partial charge < -0.3 is 193 Å². The molecule has 13 aliphatic rings. The van der Waals surface area contributed by atoms with Crippen molar-refractivity contribution in [2.45, 2.75) is 360 Å². The molecule has 658 valence electrons. The summed E-state index contributed by atoms with van der Waals surface area (Å²) in [6.45, 7) is 13.7. The lowest BCUT2D eigenvalue weighted by Crippen LogP contribution is -2.70. The van der Waals surface area contributed by atoms with Crippen LogP contribution in [0.2, 0.25) is 0 Å². The minimum Gasteiger partial charge on any atom is -0.547 e. The molecule has 0 aromatic carbocycles. The molecule has 12 fully saturated rings. The molecule has 0 bridgehead atoms. The molecule has 13 rings (SSSR count). The molecule has 0 aromatic heterocycles. The van der Waals surface area contributed by atoms with Crippen molar-refractivity contribution in [1.82, 2.24) is 0 Å². The third kappa shape index (κ3) is 15.7. The molecular weight excluding hydrogens is 1540 g/mol. The van der Waals surface area contributed by atoms with Crippen molar-refractivity contribution in [3.05, 3.63) is 11.6 Å². The van der Waals surface area contributed by atoms with Gasteiger partial charge in [0.1, 0.15) is 164 Å². The zero-order valence-electron chi connectivity index (χ0n) is 65.2. The maximum Gasteiger partial charge on any atom is 0.317 e. The SMILES string of the molecule is C[C@@H]1O[C@@H](O[C@H]2[C@H](OC(=O)[C@]34CCC(C)(C)C[C@H]3C3=CC[C@@H]5[C@@]6(C)CC[C@H](O[C@@H]7O[C@H](C(=O)[O-])[C@@H](O)[C@H](O[C@@H]8OC[C@@H](O)[C@H](O)[C@H]8O)[C@H]7O[C@@H]7O[C@H](CO)[C@H](O)[C@H](O)[C@H]7O)[C@@](C)(C=O)[C@@H]6CC[C@@]5(C)[C@]3(C)C[C@H]4O)O[C@H](C)[C@H](O[C@@H]3O[C@H](C)[C@@H](O)[C@H](O)[C@H]3O)[C@@H]2O)[C@H](O)[C@H](O)[C@H]1O[C@@H]1OC[C@@H](O)[C@H](O[C@@H]2OC[C@@H](O)[C@H](O)[C@H]2O)[C@H]1O. The Morgan fingerprint density at radius 1 is 0.461 bits per heavy atom. The van der Waals surface area contributed by atoms with Gasteiger partial charge in [-0.25, -0.2) is 0 Å². The number of aliphatic hydroxyl groups is 20. The Hall–Kier alpha value is -3.05. The fourth-order valence-corrected chi connectivity index (χ4v) is 21.4. The molecule has 0 spiro atoms. The minimum atomic E-state index is -2.32. The van der Waals surface area contributed by atoms with E-state index in [0.717, 1.165) is 11.9 Å². The van der Waals surface area contributed by atoms with Crippen LogP contribution in [0.4, 0.5) is 0 Å². The zero-order chi connectivity index (χ0) is 83.9. The van der Waals surface area contributed by atoms with Crippen molar-refractivity contribution in [2.24, 2.45) is 50.2 Å². The monoisotopic (exact) mass is 1660 g/mol. The molecule has 0 aromatic rings. The van der Waals surface area contributed by atoms with Gasteiger partial charge >= 0.3 is 5.97 Å². The number of allylic oxidation sites excluding steroid dienone is 2. The molecule has 0 radical (unpaired) electrons. The first-order valence-corrected chi connectivity index (χ1v) is 39.8. The van der Waals surface area contributed by atoms with E-state index in [1.54, 1.807) is 6.92 Å². The summed E-state index contributed by atoms with van der Waals surface area (Å²) in [6, 6.07) is 0. The number of esters is 1. The number of carbonyl (C=O) groups is 3. The summed E-state index contributed by atoms with van der Waals surface area (Å²) in [5.74, 6) is -4.55. The molecule has 8 heterocycles. The Morgan fingerprint density at radius 3 is 1.57 bits per heavy atom. The van der Waals surface area contributed by atoms with Crippen LogP contribution in [0.3, 0.4) is 0 Å². The van der Waals surface area contributed by atoms with E-state index in [4.69, 9.17) is 75.8 Å². The highest BCUT2D eigenvalue weighted by Crippen LogP contribution is 2.76. The lowest BCUT2D eigenvalue weighted by Gasteiger charge is -2.71. The van der Waals surface area contributed by atoms with Crippen LogP contribution in [0.1, 0.15) is 120 Å². The number of carboxylic acids is 1. The predicted molar refractivity (Wildman–Crippen MR) is 371 cm³/mol. The fraction of sp³-hybridized carbons (Fsp3) is 0.933. The number of rotatable bonds is 19. The zero-order valence-corrected chi connectivity index (χ0v) is 65.2. The predicted octanol–water partition coefficient (Wildman–Crippen LogP) is -8.83. The molecule has 5 aliphatic carbocycles. The van der Waals surface area contributed by atoms with Crippen LogP contribution >= 0.6 is 0 Å². The van der Waals surface area contributed by atoms with E-state index in [1.165, 1.54) is 20.8 Å². The maximum absolute atomic E-state index is 16.1. The summed E-state index contributed by atoms with van der Waals surface area (Å²) < 4.78 is 96.2. The van der Waals surface area contributed by atoms with Crippen LogP contribution in [-0.2, 0) is 90.2 Å². The van der Waals surface area contributed by atoms with E-state index >= 15 is 4.79 Å². The molecule has 8 aliphatic heterocycles. The largest absolute Gasteiger partial charge is 0.547 e. The van der Waals surface area contributed by atoms with Crippen LogP contribution in [0.5, 0.6) is 0 Å². The summed E-state index contributed by atoms with van der Waals surface area (Å²) in [7, 11) is 0. The van der Waals surface area contributed by atoms with E-state index in [9.17, 15) is 117 Å². The number of carbonyl (C=O) groups excluding carboxylic acids is 3. The van der Waals surface area contributed by atoms with Gasteiger partial charge in [0.15, 0.2) is 50.1 Å². The fourth-order valence-electron chi connectivity index (χ4n) is 21.4. The average molecular weight is 1660 g/mol. The highest BCUT2D eigenvalue weighted by Gasteiger charge is 2.73.